The molecule has 32 heteroatoms. The Balaban J connectivity index is -0.000000117. The first-order valence-corrected chi connectivity index (χ1v) is 39.9. The van der Waals surface area contributed by atoms with Gasteiger partial charge in [0.1, 0.15) is 11.7 Å². The van der Waals surface area contributed by atoms with E-state index in [1.807, 2.05) is 167 Å². The van der Waals surface area contributed by atoms with Crippen molar-refractivity contribution >= 4 is 44.3 Å². The summed E-state index contributed by atoms with van der Waals surface area (Å²) in [6.07, 6.45) is 12.3. The Morgan fingerprint density at radius 3 is 1.08 bits per heavy atom. The number of nitrogens with zero attached hydrogens (tertiary/aromatic N) is 17. The van der Waals surface area contributed by atoms with Crippen LogP contribution in [0.1, 0.15) is 148 Å². The molecular formula is C91H91N17OP2Pt12+2. The van der Waals surface area contributed by atoms with E-state index in [9.17, 15) is 0 Å². The molecule has 0 spiro atoms. The number of nitriles is 4. The summed E-state index contributed by atoms with van der Waals surface area (Å²) in [6.45, 7) is 111. The van der Waals surface area contributed by atoms with Crippen molar-refractivity contribution in [3.63, 3.8) is 0 Å². The average molecular weight is 3840 g/mol. The Labute approximate surface area is 907 Å². The first-order valence-electron chi connectivity index (χ1n) is 34.5. The van der Waals surface area contributed by atoms with Gasteiger partial charge in [-0.15, -0.1) is 0 Å². The third kappa shape index (κ3) is 49.5. The summed E-state index contributed by atoms with van der Waals surface area (Å²) in [5.74, 6) is 1.96. The van der Waals surface area contributed by atoms with E-state index in [1.54, 1.807) is 42.3 Å². The molecule has 674 valence electrons. The molecule has 0 amide bonds. The zero-order valence-corrected chi connectivity index (χ0v) is 97.0. The van der Waals surface area contributed by atoms with Crippen LogP contribution in [0.3, 0.4) is 0 Å². The standard InChI is InChI=1S/C23H18N2.C19H15N3.C14H12N2.C11H6N2O.2C7H10N2.C5H14P2.2C2N2.CH4.12Pt/c1-24-22(19-14-8-4-9-15-19)21(18-12-6-3-7-13-18)23(25-2)20-16-10-5-11-17-20;1-13-7-5-8-14(2)19(13)22-12-11-16(21-4)18-15(20-3)9-6-10-17(18)22;1-14(2)9-8-12(16-4)13-10(14)6-5-7-11(13)15-3;1-12-8-4-3-5-10-11(8)9(13-2)6-7-14-10;2*1-6(8-3)5-7(2)9-4;1-6(2)5-7(3)4;2*3-1-2-4;;;;;;;;;;;;;/h3-17,21-23H;5-12,16H,1-2H3;5-9,12H,1-2H3;3-7,9H;2*6-7H,5H2,1-2H3;5H2,1-4H3;;;1H4;;;;;;;;;;;;/p+2. The third-order valence-electron chi connectivity index (χ3n) is 16.5. The summed E-state index contributed by atoms with van der Waals surface area (Å²) in [4.78, 5) is 44.3. The molecule has 0 fully saturated rings. The number of ether oxygens (including phenoxy) is 1. The number of aryl methyl sites for hydroxylation is 2. The van der Waals surface area contributed by atoms with Crippen molar-refractivity contribution in [1.82, 2.24) is 0 Å². The molecule has 10 rings (SSSR count). The number of anilines is 2. The van der Waals surface area contributed by atoms with Gasteiger partial charge in [0.25, 0.3) is 30.2 Å². The Bertz CT molecular complexity index is 4850. The molecule has 3 aliphatic rings. The number of benzene rings is 7. The molecular weight excluding hydrogens is 3750 g/mol. The zero-order chi connectivity index (χ0) is 82.1. The van der Waals surface area contributed by atoms with E-state index >= 15 is 0 Å². The number of hydrogen-bond donors (Lipinski definition) is 0. The van der Waals surface area contributed by atoms with Crippen LogP contribution in [0.15, 0.2) is 201 Å². The van der Waals surface area contributed by atoms with Crippen molar-refractivity contribution in [2.24, 2.45) is 0 Å². The van der Waals surface area contributed by atoms with Crippen LogP contribution in [0, 0.1) is 138 Å². The summed E-state index contributed by atoms with van der Waals surface area (Å²) in [5, 5.41) is 29.1. The van der Waals surface area contributed by atoms with Crippen molar-refractivity contribution in [2.45, 2.75) is 141 Å². The summed E-state index contributed by atoms with van der Waals surface area (Å²) in [6, 6.07) is 55.4. The van der Waals surface area contributed by atoms with E-state index < -0.39 is 12.1 Å². The second-order valence-corrected chi connectivity index (χ2v) is 32.2. The minimum Gasteiger partial charge on any atom is -0.466 e. The van der Waals surface area contributed by atoms with Crippen molar-refractivity contribution in [2.75, 3.05) is 37.5 Å². The third-order valence-corrected chi connectivity index (χ3v) is 22.2. The van der Waals surface area contributed by atoms with E-state index in [2.05, 4.69) is 136 Å². The topological polar surface area (TPSA) is 160 Å². The summed E-state index contributed by atoms with van der Waals surface area (Å²) < 4.78 is 5.23. The summed E-state index contributed by atoms with van der Waals surface area (Å²) >= 11 is 0. The molecule has 123 heavy (non-hydrogen) atoms. The predicted molar refractivity (Wildman–Crippen MR) is 454 cm³/mol. The number of para-hydroxylation sites is 1. The van der Waals surface area contributed by atoms with Gasteiger partial charge in [0.2, 0.25) is 29.9 Å². The van der Waals surface area contributed by atoms with Crippen LogP contribution in [0.5, 0.6) is 5.75 Å². The van der Waals surface area contributed by atoms with Crippen LogP contribution >= 0.6 is 15.8 Å². The summed E-state index contributed by atoms with van der Waals surface area (Å²) in [7, 11) is 0.222. The molecule has 2 heterocycles. The Hall–Kier alpha value is -5.68. The molecule has 1 aliphatic carbocycles. The van der Waals surface area contributed by atoms with Gasteiger partial charge in [-0.05, 0) is 54.3 Å². The van der Waals surface area contributed by atoms with Crippen LogP contribution in [0.4, 0.5) is 28.4 Å². The first-order chi connectivity index (χ1) is 52.8. The smallest absolute Gasteiger partial charge is 0.265 e. The molecule has 0 saturated heterocycles. The maximum absolute atomic E-state index is 7.83. The molecule has 0 N–H and O–H groups in total. The van der Waals surface area contributed by atoms with Crippen LogP contribution < -0.4 is 9.64 Å². The molecule has 7 aromatic carbocycles. The van der Waals surface area contributed by atoms with E-state index in [4.69, 9.17) is 105 Å². The van der Waals surface area contributed by atoms with Gasteiger partial charge < -0.3 is 53.2 Å². The fourth-order valence-corrected chi connectivity index (χ4v) is 17.4. The molecule has 0 saturated carbocycles. The van der Waals surface area contributed by atoms with Crippen LogP contribution in [-0.2, 0) is 258 Å². The number of allylic oxidation sites excluding steroid dienone is 1. The molecule has 0 bridgehead atoms. The van der Waals surface area contributed by atoms with Crippen molar-refractivity contribution in [3.05, 3.63) is 388 Å². The number of rotatable bonds is 12. The molecule has 18 nitrogen and oxygen atoms in total. The first kappa shape index (κ1) is 143. The minimum atomic E-state index is -0.400. The van der Waals surface area contributed by atoms with Gasteiger partial charge in [0.15, 0.2) is 41.6 Å². The van der Waals surface area contributed by atoms with Gasteiger partial charge >= 0.3 is 0 Å². The fourth-order valence-electron chi connectivity index (χ4n) is 11.7. The maximum atomic E-state index is 7.83. The normalized spacial score (nSPS) is 13.3. The van der Waals surface area contributed by atoms with Crippen molar-refractivity contribution in [1.29, 1.82) is 21.0 Å². The van der Waals surface area contributed by atoms with Crippen LogP contribution in [-0.4, -0.2) is 56.7 Å². The van der Waals surface area contributed by atoms with E-state index in [-0.39, 0.29) is 330 Å². The maximum Gasteiger partial charge on any atom is 0.265 e. The van der Waals surface area contributed by atoms with Crippen molar-refractivity contribution in [3.8, 4) is 30.0 Å². The monoisotopic (exact) mass is 3840 g/mol. The Kier molecular flexibility index (Phi) is 95.4. The molecule has 7 aromatic rings. The van der Waals surface area contributed by atoms with Crippen LogP contribution in [0.25, 0.3) is 58.1 Å². The van der Waals surface area contributed by atoms with Gasteiger partial charge in [-0.2, -0.15) is 21.0 Å². The van der Waals surface area contributed by atoms with E-state index in [1.165, 1.54) is 41.7 Å². The Morgan fingerprint density at radius 2 is 0.740 bits per heavy atom. The molecule has 0 aromatic heterocycles. The van der Waals surface area contributed by atoms with Gasteiger partial charge in [-0.3, -0.25) is 0 Å². The van der Waals surface area contributed by atoms with E-state index in [0.717, 1.165) is 44.8 Å². The number of fused-ring (bicyclic) bond motifs is 3. The predicted octanol–water partition coefficient (Wildman–Crippen LogP) is 25.3. The SMILES string of the molecule is C.C[PH+](C)C[PH+](C)C.N#CC#N.N#CC#N.[C-]#[N+]C(C)CC(C)[N+]#[C-].[C-]#[N+]C(C)CC(C)[N+]#[C-].[C-]#[N+]C(c1ccccc1)C(c1ccccc1)C([N+]#[C-])c1ccccc1.[C-]#[N+]c1cccc2c1C([N+]#[C-])C=CC2(C)C.[C-]#[N+]c1cccc2c1C([N+]#[C-])C=CN2c1c(C)cccc1C.[C-]#[N+]c1cccc2c1C([N+]#[C-])C=CO2.[Pt].[Pt].[Pt].[Pt].[Pt].[Pt].[Pt].[Pt].[Pt].[Pt].[Pt].[Pt]. The molecule has 2 aliphatic heterocycles. The summed E-state index contributed by atoms with van der Waals surface area (Å²) in [5.41, 5.74) is 12.4. The van der Waals surface area contributed by atoms with Gasteiger partial charge in [-0.25, -0.2) is 73.7 Å². The fraction of sp³-hybridized carbons (Fsp3) is 0.297. The average Bonchev–Trinajstić information content (AvgIpc) is 0.791. The molecule has 0 radical (unpaired) electrons. The molecule has 9 atom stereocenters. The van der Waals surface area contributed by atoms with Gasteiger partial charge in [-0.1, -0.05) is 179 Å². The van der Waals surface area contributed by atoms with E-state index in [0.29, 0.717) is 41.2 Å². The van der Waals surface area contributed by atoms with Crippen molar-refractivity contribution < 1.29 is 258 Å². The van der Waals surface area contributed by atoms with Crippen LogP contribution in [0.2, 0.25) is 0 Å². The zero-order valence-electron chi connectivity index (χ0n) is 67.8. The quantitative estimate of drug-likeness (QED) is 0.0672. The minimum absolute atomic E-state index is 0. The second-order valence-electron chi connectivity index (χ2n) is 26.0. The number of hydrogen-bond acceptors (Lipinski definition) is 6. The largest absolute Gasteiger partial charge is 0.466 e. The van der Waals surface area contributed by atoms with Gasteiger partial charge in [0.05, 0.1) is 55.6 Å². The van der Waals surface area contributed by atoms with Gasteiger partial charge in [0, 0.05) is 369 Å². The second kappa shape index (κ2) is 82.0. The Morgan fingerprint density at radius 1 is 0.407 bits per heavy atom. The molecule has 9 unspecified atom stereocenters.